The van der Waals surface area contributed by atoms with Gasteiger partial charge >= 0.3 is 0 Å². The molecule has 0 bridgehead atoms. The quantitative estimate of drug-likeness (QED) is 0.484. The Bertz CT molecular complexity index is 1090. The number of rotatable bonds is 10. The largest absolute Gasteiger partial charge is 0.369 e. The zero-order chi connectivity index (χ0) is 24.9. The molecule has 0 spiro atoms. The van der Waals surface area contributed by atoms with Gasteiger partial charge in [0, 0.05) is 63.2 Å². The fourth-order valence-electron chi connectivity index (χ4n) is 4.20. The Balaban J connectivity index is 1.81. The standard InChI is InChI=1S/C24H36ClN5O3S/c1-5-7-11-29(12-8-6-2)24(31)21-18-27(4)26-23(21)34(32,33)30-15-13-28(14-16-30)22-17-20(25)10-9-19(22)3/h9-10,17-18H,5-8,11-16H2,1-4H3. The third kappa shape index (κ3) is 5.93. The van der Waals surface area contributed by atoms with Crippen molar-refractivity contribution in [1.29, 1.82) is 0 Å². The van der Waals surface area contributed by atoms with Gasteiger partial charge in [-0.05, 0) is 37.5 Å². The minimum Gasteiger partial charge on any atom is -0.369 e. The number of piperazine rings is 1. The Morgan fingerprint density at radius 1 is 1.09 bits per heavy atom. The summed E-state index contributed by atoms with van der Waals surface area (Å²) < 4.78 is 30.0. The molecule has 1 aromatic heterocycles. The molecule has 8 nitrogen and oxygen atoms in total. The summed E-state index contributed by atoms with van der Waals surface area (Å²) in [4.78, 5) is 17.3. The summed E-state index contributed by atoms with van der Waals surface area (Å²) in [5.74, 6) is -0.262. The van der Waals surface area contributed by atoms with Gasteiger partial charge < -0.3 is 9.80 Å². The molecule has 0 N–H and O–H groups in total. The maximum absolute atomic E-state index is 13.6. The lowest BCUT2D eigenvalue weighted by atomic mass is 10.1. The van der Waals surface area contributed by atoms with E-state index in [1.54, 1.807) is 11.9 Å². The first-order valence-corrected chi connectivity index (χ1v) is 13.8. The number of hydrogen-bond donors (Lipinski definition) is 0. The molecule has 0 unspecified atom stereocenters. The van der Waals surface area contributed by atoms with Crippen molar-refractivity contribution in [2.45, 2.75) is 51.5 Å². The number of unbranched alkanes of at least 4 members (excludes halogenated alkanes) is 2. The molecule has 188 valence electrons. The van der Waals surface area contributed by atoms with Crippen LogP contribution in [-0.2, 0) is 17.1 Å². The fraction of sp³-hybridized carbons (Fsp3) is 0.583. The van der Waals surface area contributed by atoms with Crippen LogP contribution in [0.3, 0.4) is 0 Å². The van der Waals surface area contributed by atoms with Crippen LogP contribution in [0.5, 0.6) is 0 Å². The van der Waals surface area contributed by atoms with E-state index in [0.717, 1.165) is 36.9 Å². The average Bonchev–Trinajstić information content (AvgIpc) is 3.23. The molecular weight excluding hydrogens is 474 g/mol. The van der Waals surface area contributed by atoms with Gasteiger partial charge in [0.15, 0.2) is 0 Å². The van der Waals surface area contributed by atoms with Crippen molar-refractivity contribution in [1.82, 2.24) is 19.0 Å². The van der Waals surface area contributed by atoms with E-state index in [0.29, 0.717) is 44.3 Å². The number of nitrogens with zero attached hydrogens (tertiary/aromatic N) is 5. The molecule has 1 saturated heterocycles. The summed E-state index contributed by atoms with van der Waals surface area (Å²) in [7, 11) is -2.26. The first-order valence-electron chi connectivity index (χ1n) is 12.0. The SMILES string of the molecule is CCCCN(CCCC)C(=O)c1cn(C)nc1S(=O)(=O)N1CCN(c2cc(Cl)ccc2C)CC1. The summed E-state index contributed by atoms with van der Waals surface area (Å²) in [5, 5.41) is 4.74. The highest BCUT2D eigenvalue weighted by Crippen LogP contribution is 2.27. The average molecular weight is 510 g/mol. The number of aryl methyl sites for hydroxylation is 2. The Kier molecular flexibility index (Phi) is 9.01. The van der Waals surface area contributed by atoms with E-state index in [1.165, 1.54) is 15.2 Å². The molecule has 10 heteroatoms. The van der Waals surface area contributed by atoms with Crippen molar-refractivity contribution in [3.05, 3.63) is 40.5 Å². The molecule has 0 saturated carbocycles. The highest BCUT2D eigenvalue weighted by molar-refractivity contribution is 7.89. The normalized spacial score (nSPS) is 15.0. The van der Waals surface area contributed by atoms with E-state index in [9.17, 15) is 13.2 Å². The summed E-state index contributed by atoms with van der Waals surface area (Å²) in [5.41, 5.74) is 2.26. The third-order valence-corrected chi connectivity index (χ3v) is 8.28. The Morgan fingerprint density at radius 3 is 2.29 bits per heavy atom. The Labute approximate surface area is 208 Å². The summed E-state index contributed by atoms with van der Waals surface area (Å²) in [6, 6.07) is 5.73. The molecule has 1 aromatic carbocycles. The molecule has 0 aliphatic carbocycles. The maximum Gasteiger partial charge on any atom is 0.263 e. The number of anilines is 1. The topological polar surface area (TPSA) is 78.8 Å². The van der Waals surface area contributed by atoms with Gasteiger partial charge in [-0.25, -0.2) is 8.42 Å². The second kappa shape index (κ2) is 11.6. The zero-order valence-corrected chi connectivity index (χ0v) is 22.2. The highest BCUT2D eigenvalue weighted by atomic mass is 35.5. The van der Waals surface area contributed by atoms with Crippen LogP contribution in [0.1, 0.15) is 55.5 Å². The van der Waals surface area contributed by atoms with E-state index < -0.39 is 10.0 Å². The predicted molar refractivity (Wildman–Crippen MR) is 136 cm³/mol. The van der Waals surface area contributed by atoms with Crippen LogP contribution < -0.4 is 4.90 Å². The van der Waals surface area contributed by atoms with E-state index in [-0.39, 0.29) is 16.5 Å². The molecular formula is C24H36ClN5O3S. The van der Waals surface area contributed by atoms with Crippen LogP contribution in [0.15, 0.2) is 29.4 Å². The number of amides is 1. The number of aromatic nitrogens is 2. The number of benzene rings is 1. The first kappa shape index (κ1) is 26.5. The summed E-state index contributed by atoms with van der Waals surface area (Å²) in [6.45, 7) is 9.10. The Hall–Kier alpha value is -2.10. The minimum absolute atomic E-state index is 0.148. The molecule has 2 heterocycles. The van der Waals surface area contributed by atoms with Gasteiger partial charge in [-0.1, -0.05) is 44.4 Å². The third-order valence-electron chi connectivity index (χ3n) is 6.21. The van der Waals surface area contributed by atoms with Crippen LogP contribution in [0.25, 0.3) is 0 Å². The molecule has 2 aromatic rings. The van der Waals surface area contributed by atoms with Crippen LogP contribution in [0.4, 0.5) is 5.69 Å². The van der Waals surface area contributed by atoms with Crippen molar-refractivity contribution in [2.75, 3.05) is 44.2 Å². The lowest BCUT2D eigenvalue weighted by Crippen LogP contribution is -2.49. The monoisotopic (exact) mass is 509 g/mol. The first-order chi connectivity index (χ1) is 16.2. The number of carbonyl (C=O) groups is 1. The van der Waals surface area contributed by atoms with Gasteiger partial charge in [0.05, 0.1) is 5.56 Å². The molecule has 1 amide bonds. The second-order valence-corrected chi connectivity index (χ2v) is 11.1. The van der Waals surface area contributed by atoms with E-state index in [1.807, 2.05) is 25.1 Å². The molecule has 1 fully saturated rings. The number of halogens is 1. The van der Waals surface area contributed by atoms with Crippen molar-refractivity contribution in [3.63, 3.8) is 0 Å². The van der Waals surface area contributed by atoms with Gasteiger partial charge in [-0.2, -0.15) is 9.40 Å². The Morgan fingerprint density at radius 2 is 1.71 bits per heavy atom. The molecule has 34 heavy (non-hydrogen) atoms. The predicted octanol–water partition coefficient (Wildman–Crippen LogP) is 3.94. The van der Waals surface area contributed by atoms with E-state index in [2.05, 4.69) is 23.8 Å². The van der Waals surface area contributed by atoms with Crippen molar-refractivity contribution in [3.8, 4) is 0 Å². The fourth-order valence-corrected chi connectivity index (χ4v) is 5.91. The van der Waals surface area contributed by atoms with Crippen LogP contribution >= 0.6 is 11.6 Å². The van der Waals surface area contributed by atoms with Gasteiger partial charge in [0.2, 0.25) is 5.03 Å². The van der Waals surface area contributed by atoms with E-state index >= 15 is 0 Å². The molecule has 1 aliphatic rings. The van der Waals surface area contributed by atoms with Gasteiger partial charge in [-0.15, -0.1) is 0 Å². The molecule has 1 aliphatic heterocycles. The highest BCUT2D eigenvalue weighted by Gasteiger charge is 2.35. The molecule has 3 rings (SSSR count). The zero-order valence-electron chi connectivity index (χ0n) is 20.6. The number of carbonyl (C=O) groups excluding carboxylic acids is 1. The number of hydrogen-bond acceptors (Lipinski definition) is 5. The lowest BCUT2D eigenvalue weighted by molar-refractivity contribution is 0.0747. The van der Waals surface area contributed by atoms with Crippen LogP contribution in [0.2, 0.25) is 5.02 Å². The van der Waals surface area contributed by atoms with Crippen molar-refractivity contribution in [2.24, 2.45) is 7.05 Å². The van der Waals surface area contributed by atoms with Gasteiger partial charge in [-0.3, -0.25) is 9.48 Å². The van der Waals surface area contributed by atoms with Crippen LogP contribution in [-0.4, -0.2) is 72.6 Å². The van der Waals surface area contributed by atoms with E-state index in [4.69, 9.17) is 11.6 Å². The van der Waals surface area contributed by atoms with Crippen LogP contribution in [0, 0.1) is 6.92 Å². The smallest absolute Gasteiger partial charge is 0.263 e. The van der Waals surface area contributed by atoms with Crippen molar-refractivity contribution < 1.29 is 13.2 Å². The van der Waals surface area contributed by atoms with Crippen molar-refractivity contribution >= 4 is 33.2 Å². The lowest BCUT2D eigenvalue weighted by Gasteiger charge is -2.36. The molecule has 0 radical (unpaired) electrons. The summed E-state index contributed by atoms with van der Waals surface area (Å²) >= 11 is 6.18. The minimum atomic E-state index is -3.91. The summed E-state index contributed by atoms with van der Waals surface area (Å²) in [6.07, 6.45) is 5.21. The molecule has 0 atom stereocenters. The second-order valence-electron chi connectivity index (χ2n) is 8.84. The maximum atomic E-state index is 13.6. The van der Waals surface area contributed by atoms with Gasteiger partial charge in [0.1, 0.15) is 0 Å². The number of sulfonamides is 1. The van der Waals surface area contributed by atoms with Gasteiger partial charge in [0.25, 0.3) is 15.9 Å².